The Morgan fingerprint density at radius 1 is 1.12 bits per heavy atom. The van der Waals surface area contributed by atoms with Gasteiger partial charge in [-0.3, -0.25) is 4.79 Å². The Hall–Kier alpha value is -2.14. The zero-order valence-corrected chi connectivity index (χ0v) is 15.4. The van der Waals surface area contributed by atoms with Crippen LogP contribution in [0.3, 0.4) is 0 Å². The number of benzene rings is 2. The van der Waals surface area contributed by atoms with E-state index in [1.54, 1.807) is 7.11 Å². The fourth-order valence-corrected chi connectivity index (χ4v) is 4.01. The summed E-state index contributed by atoms with van der Waals surface area (Å²) in [4.78, 5) is 14.4. The Labute approximate surface area is 153 Å². The van der Waals surface area contributed by atoms with E-state index in [1.165, 1.54) is 11.1 Å². The molecule has 1 fully saturated rings. The molecule has 3 rings (SSSR count). The molecule has 2 aromatic carbocycles. The van der Waals surface area contributed by atoms with Gasteiger partial charge in [0.15, 0.2) is 6.61 Å². The number of hydrogen-bond acceptors (Lipinski definition) is 4. The second kappa shape index (κ2) is 8.30. The number of amides is 1. The lowest BCUT2D eigenvalue weighted by Crippen LogP contribution is -2.41. The molecule has 0 aromatic heterocycles. The number of hydrogen-bond donors (Lipinski definition) is 0. The topological polar surface area (TPSA) is 38.8 Å². The predicted octanol–water partition coefficient (Wildman–Crippen LogP) is 3.70. The summed E-state index contributed by atoms with van der Waals surface area (Å²) in [7, 11) is 1.67. The Kier molecular flexibility index (Phi) is 5.87. The summed E-state index contributed by atoms with van der Waals surface area (Å²) < 4.78 is 10.8. The van der Waals surface area contributed by atoms with Crippen LogP contribution in [0.5, 0.6) is 11.5 Å². The van der Waals surface area contributed by atoms with Crippen LogP contribution >= 0.6 is 11.8 Å². The molecule has 0 spiro atoms. The molecule has 1 saturated heterocycles. The van der Waals surface area contributed by atoms with Gasteiger partial charge in [-0.15, -0.1) is 0 Å². The second-order valence-electron chi connectivity index (χ2n) is 6.07. The average molecular weight is 357 g/mol. The van der Waals surface area contributed by atoms with Crippen molar-refractivity contribution < 1.29 is 14.3 Å². The van der Waals surface area contributed by atoms with Crippen LogP contribution < -0.4 is 9.47 Å². The zero-order valence-electron chi connectivity index (χ0n) is 14.6. The number of carbonyl (C=O) groups is 1. The van der Waals surface area contributed by atoms with E-state index in [9.17, 15) is 4.79 Å². The first kappa shape index (κ1) is 17.7. The zero-order chi connectivity index (χ0) is 17.6. The van der Waals surface area contributed by atoms with Crippen molar-refractivity contribution in [2.24, 2.45) is 0 Å². The molecule has 1 heterocycles. The minimum atomic E-state index is 0.0411. The molecular formula is C20H23NO3S. The quantitative estimate of drug-likeness (QED) is 0.818. The van der Waals surface area contributed by atoms with E-state index in [1.807, 2.05) is 60.0 Å². The minimum Gasteiger partial charge on any atom is -0.497 e. The predicted molar refractivity (Wildman–Crippen MR) is 101 cm³/mol. The van der Waals surface area contributed by atoms with Crippen molar-refractivity contribution in [2.45, 2.75) is 12.2 Å². The number of rotatable bonds is 5. The maximum Gasteiger partial charge on any atom is 0.260 e. The van der Waals surface area contributed by atoms with Crippen molar-refractivity contribution in [1.29, 1.82) is 0 Å². The maximum atomic E-state index is 12.5. The Balaban J connectivity index is 1.56. The summed E-state index contributed by atoms with van der Waals surface area (Å²) in [5, 5.41) is 0.294. The van der Waals surface area contributed by atoms with Gasteiger partial charge in [0.25, 0.3) is 5.91 Å². The van der Waals surface area contributed by atoms with E-state index in [0.717, 1.165) is 23.8 Å². The van der Waals surface area contributed by atoms with Crippen molar-refractivity contribution in [1.82, 2.24) is 4.90 Å². The highest BCUT2D eigenvalue weighted by Crippen LogP contribution is 2.34. The molecule has 1 aliphatic rings. The monoisotopic (exact) mass is 357 g/mol. The Morgan fingerprint density at radius 3 is 2.48 bits per heavy atom. The van der Waals surface area contributed by atoms with Gasteiger partial charge in [0.05, 0.1) is 7.11 Å². The third kappa shape index (κ3) is 4.69. The Bertz CT molecular complexity index is 700. The lowest BCUT2D eigenvalue weighted by atomic mass is 10.1. The van der Waals surface area contributed by atoms with Gasteiger partial charge in [0.2, 0.25) is 0 Å². The fourth-order valence-electron chi connectivity index (χ4n) is 2.77. The summed E-state index contributed by atoms with van der Waals surface area (Å²) in [6, 6.07) is 15.9. The van der Waals surface area contributed by atoms with Crippen LogP contribution in [0.25, 0.3) is 0 Å². The largest absolute Gasteiger partial charge is 0.497 e. The van der Waals surface area contributed by atoms with Gasteiger partial charge in [-0.05, 0) is 36.8 Å². The summed E-state index contributed by atoms with van der Waals surface area (Å²) in [6.07, 6.45) is 0. The SMILES string of the molecule is COc1ccc(C2CN(C(=O)COc3ccc(C)cc3)CCS2)cc1. The molecule has 25 heavy (non-hydrogen) atoms. The lowest BCUT2D eigenvalue weighted by molar-refractivity contribution is -0.133. The number of thioether (sulfide) groups is 1. The molecule has 2 aromatic rings. The van der Waals surface area contributed by atoms with Crippen LogP contribution in [-0.2, 0) is 4.79 Å². The third-order valence-electron chi connectivity index (χ3n) is 4.29. The van der Waals surface area contributed by atoms with Crippen molar-refractivity contribution in [3.05, 3.63) is 59.7 Å². The van der Waals surface area contributed by atoms with Crippen molar-refractivity contribution >= 4 is 17.7 Å². The standard InChI is InChI=1S/C20H23NO3S/c1-15-3-7-18(8-4-15)24-14-20(22)21-11-12-25-19(13-21)16-5-9-17(23-2)10-6-16/h3-10,19H,11-14H2,1-2H3. The number of aryl methyl sites for hydroxylation is 1. The molecule has 0 saturated carbocycles. The van der Waals surface area contributed by atoms with Crippen LogP contribution in [0, 0.1) is 6.92 Å². The first-order valence-corrected chi connectivity index (χ1v) is 9.43. The van der Waals surface area contributed by atoms with Gasteiger partial charge in [0, 0.05) is 24.1 Å². The van der Waals surface area contributed by atoms with Gasteiger partial charge in [-0.25, -0.2) is 0 Å². The van der Waals surface area contributed by atoms with E-state index < -0.39 is 0 Å². The molecule has 0 bridgehead atoms. The molecule has 1 aliphatic heterocycles. The molecule has 0 aliphatic carbocycles. The van der Waals surface area contributed by atoms with E-state index in [-0.39, 0.29) is 12.5 Å². The number of methoxy groups -OCH3 is 1. The lowest BCUT2D eigenvalue weighted by Gasteiger charge is -2.32. The van der Waals surface area contributed by atoms with Gasteiger partial charge in [-0.2, -0.15) is 11.8 Å². The number of nitrogens with zero attached hydrogens (tertiary/aromatic N) is 1. The molecule has 132 valence electrons. The summed E-state index contributed by atoms with van der Waals surface area (Å²) in [5.41, 5.74) is 2.40. The van der Waals surface area contributed by atoms with Crippen LogP contribution in [0.1, 0.15) is 16.4 Å². The van der Waals surface area contributed by atoms with Crippen LogP contribution in [0.2, 0.25) is 0 Å². The van der Waals surface area contributed by atoms with Gasteiger partial charge >= 0.3 is 0 Å². The van der Waals surface area contributed by atoms with E-state index >= 15 is 0 Å². The number of ether oxygens (including phenoxy) is 2. The molecule has 1 atom stereocenters. The molecule has 0 radical (unpaired) electrons. The molecule has 0 N–H and O–H groups in total. The summed E-state index contributed by atoms with van der Waals surface area (Å²) >= 11 is 1.89. The van der Waals surface area contributed by atoms with Gasteiger partial charge < -0.3 is 14.4 Å². The maximum absolute atomic E-state index is 12.5. The third-order valence-corrected chi connectivity index (χ3v) is 5.53. The van der Waals surface area contributed by atoms with E-state index in [0.29, 0.717) is 11.8 Å². The van der Waals surface area contributed by atoms with E-state index in [4.69, 9.17) is 9.47 Å². The molecule has 4 nitrogen and oxygen atoms in total. The van der Waals surface area contributed by atoms with Gasteiger partial charge in [-0.1, -0.05) is 29.8 Å². The van der Waals surface area contributed by atoms with Crippen molar-refractivity contribution in [3.63, 3.8) is 0 Å². The summed E-state index contributed by atoms with van der Waals surface area (Å²) in [5.74, 6) is 2.56. The fraction of sp³-hybridized carbons (Fsp3) is 0.350. The van der Waals surface area contributed by atoms with Crippen LogP contribution in [-0.4, -0.2) is 43.4 Å². The highest BCUT2D eigenvalue weighted by molar-refractivity contribution is 7.99. The van der Waals surface area contributed by atoms with Crippen molar-refractivity contribution in [3.8, 4) is 11.5 Å². The average Bonchev–Trinajstić information content (AvgIpc) is 2.67. The highest BCUT2D eigenvalue weighted by atomic mass is 32.2. The second-order valence-corrected chi connectivity index (χ2v) is 7.38. The van der Waals surface area contributed by atoms with Crippen LogP contribution in [0.15, 0.2) is 48.5 Å². The summed E-state index contributed by atoms with van der Waals surface area (Å²) in [6.45, 7) is 3.60. The van der Waals surface area contributed by atoms with Crippen LogP contribution in [0.4, 0.5) is 0 Å². The number of carbonyl (C=O) groups excluding carboxylic acids is 1. The van der Waals surface area contributed by atoms with Crippen molar-refractivity contribution in [2.75, 3.05) is 32.6 Å². The molecule has 5 heteroatoms. The smallest absolute Gasteiger partial charge is 0.260 e. The highest BCUT2D eigenvalue weighted by Gasteiger charge is 2.25. The molecule has 1 amide bonds. The molecule has 1 unspecified atom stereocenters. The normalized spacial score (nSPS) is 17.2. The molecular weight excluding hydrogens is 334 g/mol. The minimum absolute atomic E-state index is 0.0411. The first-order valence-electron chi connectivity index (χ1n) is 8.38. The Morgan fingerprint density at radius 2 is 1.80 bits per heavy atom. The van der Waals surface area contributed by atoms with E-state index in [2.05, 4.69) is 12.1 Å². The van der Waals surface area contributed by atoms with Gasteiger partial charge in [0.1, 0.15) is 11.5 Å². The first-order chi connectivity index (χ1) is 12.2.